The summed E-state index contributed by atoms with van der Waals surface area (Å²) in [5.74, 6) is -0.283. The highest BCUT2D eigenvalue weighted by Crippen LogP contribution is 2.22. The molecule has 0 aliphatic heterocycles. The number of nitrogen functional groups attached to an aromatic ring is 1. The van der Waals surface area contributed by atoms with Gasteiger partial charge in [-0.15, -0.1) is 0 Å². The van der Waals surface area contributed by atoms with Gasteiger partial charge in [-0.1, -0.05) is 42.5 Å². The van der Waals surface area contributed by atoms with E-state index in [1.165, 1.54) is 0 Å². The first-order chi connectivity index (χ1) is 11.6. The molecule has 1 aromatic heterocycles. The normalized spacial score (nSPS) is 10.7. The summed E-state index contributed by atoms with van der Waals surface area (Å²) in [6.07, 6.45) is 0. The van der Waals surface area contributed by atoms with Crippen molar-refractivity contribution in [1.29, 1.82) is 5.41 Å². The third-order valence-corrected chi connectivity index (χ3v) is 3.90. The van der Waals surface area contributed by atoms with E-state index in [9.17, 15) is 4.79 Å². The van der Waals surface area contributed by atoms with Gasteiger partial charge in [-0.25, -0.2) is 4.79 Å². The Morgan fingerprint density at radius 3 is 2.54 bits per heavy atom. The zero-order valence-electron chi connectivity index (χ0n) is 13.5. The number of benzene rings is 2. The van der Waals surface area contributed by atoms with Crippen molar-refractivity contribution in [3.05, 3.63) is 71.4 Å². The second-order valence-electron chi connectivity index (χ2n) is 5.51. The van der Waals surface area contributed by atoms with Crippen molar-refractivity contribution in [3.8, 4) is 0 Å². The first-order valence-electron chi connectivity index (χ1n) is 7.79. The maximum absolute atomic E-state index is 12.3. The highest BCUT2D eigenvalue weighted by atomic mass is 16.5. The summed E-state index contributed by atoms with van der Waals surface area (Å²) >= 11 is 0. The molecule has 5 nitrogen and oxygen atoms in total. The van der Waals surface area contributed by atoms with E-state index in [-0.39, 0.29) is 11.8 Å². The van der Waals surface area contributed by atoms with Crippen LogP contribution in [0.15, 0.2) is 54.6 Å². The number of hydrogen-bond acceptors (Lipinski definition) is 3. The van der Waals surface area contributed by atoms with Gasteiger partial charge in [0.2, 0.25) is 0 Å². The number of amidine groups is 1. The Labute approximate surface area is 140 Å². The van der Waals surface area contributed by atoms with Crippen LogP contribution in [0, 0.1) is 5.41 Å². The van der Waals surface area contributed by atoms with E-state index in [1.807, 2.05) is 59.2 Å². The number of aromatic nitrogens is 1. The molecule has 3 aromatic rings. The second kappa shape index (κ2) is 6.58. The van der Waals surface area contributed by atoms with Gasteiger partial charge in [-0.05, 0) is 24.6 Å². The van der Waals surface area contributed by atoms with Crippen LogP contribution in [0.3, 0.4) is 0 Å². The monoisotopic (exact) mass is 321 g/mol. The smallest absolute Gasteiger partial charge is 0.354 e. The van der Waals surface area contributed by atoms with Crippen LogP contribution < -0.4 is 5.73 Å². The van der Waals surface area contributed by atoms with E-state index in [1.54, 1.807) is 6.92 Å². The Kier molecular flexibility index (Phi) is 4.33. The molecule has 3 rings (SSSR count). The molecule has 0 radical (unpaired) electrons. The lowest BCUT2D eigenvalue weighted by molar-refractivity contribution is 0.0515. The van der Waals surface area contributed by atoms with Crippen molar-refractivity contribution in [2.24, 2.45) is 5.73 Å². The van der Waals surface area contributed by atoms with Gasteiger partial charge in [0.25, 0.3) is 0 Å². The van der Waals surface area contributed by atoms with Crippen LogP contribution in [0.25, 0.3) is 10.9 Å². The summed E-state index contributed by atoms with van der Waals surface area (Å²) in [6.45, 7) is 2.68. The summed E-state index contributed by atoms with van der Waals surface area (Å²) in [7, 11) is 0. The lowest BCUT2D eigenvalue weighted by Crippen LogP contribution is -2.13. The van der Waals surface area contributed by atoms with Crippen molar-refractivity contribution >= 4 is 22.7 Å². The van der Waals surface area contributed by atoms with Crippen molar-refractivity contribution in [1.82, 2.24) is 4.57 Å². The molecule has 0 saturated heterocycles. The molecule has 0 saturated carbocycles. The largest absolute Gasteiger partial charge is 0.461 e. The van der Waals surface area contributed by atoms with E-state index in [0.29, 0.717) is 24.4 Å². The van der Waals surface area contributed by atoms with Gasteiger partial charge in [-0.2, -0.15) is 0 Å². The zero-order chi connectivity index (χ0) is 17.1. The molecule has 0 aliphatic rings. The average molecular weight is 321 g/mol. The number of esters is 1. The van der Waals surface area contributed by atoms with Crippen LogP contribution in [-0.4, -0.2) is 23.0 Å². The van der Waals surface area contributed by atoms with Crippen molar-refractivity contribution in [3.63, 3.8) is 0 Å². The fourth-order valence-electron chi connectivity index (χ4n) is 2.73. The van der Waals surface area contributed by atoms with Crippen LogP contribution in [0.5, 0.6) is 0 Å². The molecule has 122 valence electrons. The molecular formula is C19H19N3O2. The maximum atomic E-state index is 12.3. The number of fused-ring (bicyclic) bond motifs is 1. The Morgan fingerprint density at radius 1 is 1.17 bits per heavy atom. The van der Waals surface area contributed by atoms with Crippen LogP contribution >= 0.6 is 0 Å². The molecule has 24 heavy (non-hydrogen) atoms. The number of para-hydroxylation sites is 1. The van der Waals surface area contributed by atoms with Crippen molar-refractivity contribution in [2.45, 2.75) is 13.5 Å². The average Bonchev–Trinajstić information content (AvgIpc) is 2.94. The first-order valence-corrected chi connectivity index (χ1v) is 7.79. The van der Waals surface area contributed by atoms with Crippen LogP contribution in [0.4, 0.5) is 0 Å². The molecule has 0 amide bonds. The fraction of sp³-hybridized carbons (Fsp3) is 0.158. The maximum Gasteiger partial charge on any atom is 0.354 e. The third kappa shape index (κ3) is 3.01. The minimum atomic E-state index is -0.325. The molecule has 0 spiro atoms. The number of nitrogens with two attached hydrogens (primary N) is 1. The van der Waals surface area contributed by atoms with Gasteiger partial charge in [-0.3, -0.25) is 5.41 Å². The molecule has 1 heterocycles. The van der Waals surface area contributed by atoms with Crippen molar-refractivity contribution < 1.29 is 9.53 Å². The zero-order valence-corrected chi connectivity index (χ0v) is 13.5. The number of hydrogen-bond donors (Lipinski definition) is 2. The molecule has 2 aromatic carbocycles. The van der Waals surface area contributed by atoms with Crippen molar-refractivity contribution in [2.75, 3.05) is 6.61 Å². The van der Waals surface area contributed by atoms with Gasteiger partial charge in [0, 0.05) is 23.0 Å². The fourth-order valence-corrected chi connectivity index (χ4v) is 2.73. The van der Waals surface area contributed by atoms with E-state index in [4.69, 9.17) is 15.9 Å². The summed E-state index contributed by atoms with van der Waals surface area (Å²) in [4.78, 5) is 12.3. The van der Waals surface area contributed by atoms with Crippen LogP contribution in [-0.2, 0) is 11.3 Å². The number of ether oxygens (including phenoxy) is 1. The molecule has 0 fully saturated rings. The third-order valence-electron chi connectivity index (χ3n) is 3.90. The standard InChI is InChI=1S/C19H19N3O2/c1-2-24-19(23)17-11-15-5-3-4-6-16(15)22(17)12-13-7-9-14(10-8-13)18(20)21/h3-11H,2,12H2,1H3,(H3,20,21). The Balaban J connectivity index is 2.02. The second-order valence-corrected chi connectivity index (χ2v) is 5.51. The highest BCUT2D eigenvalue weighted by Gasteiger charge is 2.16. The molecular weight excluding hydrogens is 302 g/mol. The molecule has 0 atom stereocenters. The molecule has 0 aliphatic carbocycles. The summed E-state index contributed by atoms with van der Waals surface area (Å²) in [5, 5.41) is 8.46. The summed E-state index contributed by atoms with van der Waals surface area (Å²) < 4.78 is 7.14. The minimum Gasteiger partial charge on any atom is -0.461 e. The number of carbonyl (C=O) groups excluding carboxylic acids is 1. The quantitative estimate of drug-likeness (QED) is 0.430. The van der Waals surface area contributed by atoms with Crippen LogP contribution in [0.2, 0.25) is 0 Å². The van der Waals surface area contributed by atoms with E-state index in [0.717, 1.165) is 16.5 Å². The minimum absolute atomic E-state index is 0.0418. The Hall–Kier alpha value is -3.08. The summed E-state index contributed by atoms with van der Waals surface area (Å²) in [6, 6.07) is 17.2. The molecule has 0 unspecified atom stereocenters. The lowest BCUT2D eigenvalue weighted by atomic mass is 10.1. The topological polar surface area (TPSA) is 81.1 Å². The van der Waals surface area contributed by atoms with Gasteiger partial charge in [0.15, 0.2) is 0 Å². The van der Waals surface area contributed by atoms with Crippen LogP contribution in [0.1, 0.15) is 28.5 Å². The lowest BCUT2D eigenvalue weighted by Gasteiger charge is -2.11. The van der Waals surface area contributed by atoms with Gasteiger partial charge in [0.05, 0.1) is 6.61 Å². The number of carbonyl (C=O) groups is 1. The predicted octanol–water partition coefficient (Wildman–Crippen LogP) is 3.15. The number of nitrogens with zero attached hydrogens (tertiary/aromatic N) is 1. The van der Waals surface area contributed by atoms with Gasteiger partial charge >= 0.3 is 5.97 Å². The Bertz CT molecular complexity index is 895. The van der Waals surface area contributed by atoms with E-state index in [2.05, 4.69) is 0 Å². The van der Waals surface area contributed by atoms with Gasteiger partial charge < -0.3 is 15.0 Å². The Morgan fingerprint density at radius 2 is 1.88 bits per heavy atom. The predicted molar refractivity (Wildman–Crippen MR) is 94.5 cm³/mol. The molecule has 0 bridgehead atoms. The summed E-state index contributed by atoms with van der Waals surface area (Å²) in [5.41, 5.74) is 8.71. The SMILES string of the molecule is CCOC(=O)c1cc2ccccc2n1Cc1ccc(C(=N)N)cc1. The van der Waals surface area contributed by atoms with Gasteiger partial charge in [0.1, 0.15) is 11.5 Å². The number of nitrogens with one attached hydrogen (secondary N) is 1. The first kappa shape index (κ1) is 15.8. The molecule has 3 N–H and O–H groups in total. The highest BCUT2D eigenvalue weighted by molar-refractivity contribution is 5.96. The number of rotatable bonds is 5. The molecule has 5 heteroatoms. The van der Waals surface area contributed by atoms with E-state index >= 15 is 0 Å². The van der Waals surface area contributed by atoms with E-state index < -0.39 is 0 Å².